The SMILES string of the molecule is FC(F)C(F)(F)c1nc2nc(Cl)c(Cl)c(Cl)c2[nH]1. The van der Waals surface area contributed by atoms with E-state index in [0.717, 1.165) is 0 Å². The van der Waals surface area contributed by atoms with Crippen LogP contribution in [-0.2, 0) is 5.92 Å². The van der Waals surface area contributed by atoms with Gasteiger partial charge in [-0.3, -0.25) is 0 Å². The third-order valence-electron chi connectivity index (χ3n) is 2.07. The Balaban J connectivity index is 2.69. The number of pyridine rings is 1. The van der Waals surface area contributed by atoms with Crippen LogP contribution in [-0.4, -0.2) is 21.4 Å². The third-order valence-corrected chi connectivity index (χ3v) is 3.28. The highest BCUT2D eigenvalue weighted by molar-refractivity contribution is 6.49. The van der Waals surface area contributed by atoms with Crippen molar-refractivity contribution in [2.45, 2.75) is 12.3 Å². The van der Waals surface area contributed by atoms with Crippen molar-refractivity contribution in [3.05, 3.63) is 21.0 Å². The Kier molecular flexibility index (Phi) is 3.33. The first-order valence-electron chi connectivity index (χ1n) is 4.31. The summed E-state index contributed by atoms with van der Waals surface area (Å²) in [6.45, 7) is 0. The molecule has 0 spiro atoms. The number of hydrogen-bond donors (Lipinski definition) is 1. The molecule has 98 valence electrons. The zero-order valence-corrected chi connectivity index (χ0v) is 10.4. The van der Waals surface area contributed by atoms with Crippen molar-refractivity contribution < 1.29 is 17.6 Å². The molecule has 2 rings (SSSR count). The number of nitrogens with zero attached hydrogens (tertiary/aromatic N) is 2. The number of aromatic amines is 1. The molecule has 1 N–H and O–H groups in total. The van der Waals surface area contributed by atoms with E-state index in [0.29, 0.717) is 0 Å². The summed E-state index contributed by atoms with van der Waals surface area (Å²) in [6, 6.07) is 0. The first-order chi connectivity index (χ1) is 8.25. The number of imidazole rings is 1. The molecule has 18 heavy (non-hydrogen) atoms. The van der Waals surface area contributed by atoms with Gasteiger partial charge in [-0.15, -0.1) is 0 Å². The van der Waals surface area contributed by atoms with Gasteiger partial charge in [0.2, 0.25) is 0 Å². The Bertz CT molecular complexity index is 613. The van der Waals surface area contributed by atoms with Crippen LogP contribution >= 0.6 is 34.8 Å². The standard InChI is InChI=1S/C8H2Cl3F4N3/c9-1-2(10)4(11)17-5-3(1)16-7(18-5)8(14,15)6(12)13/h6H,(H,16,17,18). The van der Waals surface area contributed by atoms with Crippen molar-refractivity contribution in [2.75, 3.05) is 0 Å². The van der Waals surface area contributed by atoms with Gasteiger partial charge < -0.3 is 4.98 Å². The number of aromatic nitrogens is 3. The van der Waals surface area contributed by atoms with Gasteiger partial charge in [-0.1, -0.05) is 34.8 Å². The van der Waals surface area contributed by atoms with E-state index in [1.165, 1.54) is 0 Å². The lowest BCUT2D eigenvalue weighted by molar-refractivity contribution is -0.140. The molecule has 0 saturated heterocycles. The molecule has 0 aliphatic rings. The first kappa shape index (κ1) is 13.6. The van der Waals surface area contributed by atoms with Gasteiger partial charge in [-0.25, -0.2) is 18.7 Å². The lowest BCUT2D eigenvalue weighted by Crippen LogP contribution is -2.25. The van der Waals surface area contributed by atoms with Gasteiger partial charge in [0.25, 0.3) is 0 Å². The molecule has 3 nitrogen and oxygen atoms in total. The molecular weight excluding hydrogens is 320 g/mol. The van der Waals surface area contributed by atoms with Crippen LogP contribution in [0.2, 0.25) is 15.2 Å². The van der Waals surface area contributed by atoms with Gasteiger partial charge in [-0.05, 0) is 0 Å². The Morgan fingerprint density at radius 2 is 1.67 bits per heavy atom. The number of rotatable bonds is 2. The van der Waals surface area contributed by atoms with Gasteiger partial charge >= 0.3 is 12.3 Å². The smallest absolute Gasteiger partial charge is 0.334 e. The maximum Gasteiger partial charge on any atom is 0.363 e. The topological polar surface area (TPSA) is 41.6 Å². The molecule has 0 saturated carbocycles. The average Bonchev–Trinajstić information content (AvgIpc) is 2.70. The number of halogens is 7. The minimum Gasteiger partial charge on any atom is -0.334 e. The molecule has 0 fully saturated rings. The van der Waals surface area contributed by atoms with Crippen LogP contribution in [0, 0.1) is 0 Å². The van der Waals surface area contributed by atoms with Gasteiger partial charge in [-0.2, -0.15) is 8.78 Å². The molecule has 0 aliphatic heterocycles. The van der Waals surface area contributed by atoms with Crippen molar-refractivity contribution in [3.8, 4) is 0 Å². The fourth-order valence-corrected chi connectivity index (χ4v) is 1.78. The Labute approximate surface area is 112 Å². The van der Waals surface area contributed by atoms with Crippen molar-refractivity contribution >= 4 is 46.0 Å². The Morgan fingerprint density at radius 1 is 1.06 bits per heavy atom. The first-order valence-corrected chi connectivity index (χ1v) is 5.45. The Morgan fingerprint density at radius 3 is 2.22 bits per heavy atom. The number of nitrogens with one attached hydrogen (secondary N) is 1. The van der Waals surface area contributed by atoms with Crippen molar-refractivity contribution in [1.29, 1.82) is 0 Å². The van der Waals surface area contributed by atoms with Crippen LogP contribution in [0.15, 0.2) is 0 Å². The molecule has 10 heteroatoms. The van der Waals surface area contributed by atoms with E-state index in [4.69, 9.17) is 34.8 Å². The lowest BCUT2D eigenvalue weighted by atomic mass is 10.3. The van der Waals surface area contributed by atoms with E-state index in [1.807, 2.05) is 4.98 Å². The van der Waals surface area contributed by atoms with E-state index in [9.17, 15) is 17.6 Å². The number of H-pyrrole nitrogens is 1. The minimum absolute atomic E-state index is 0.179. The molecule has 0 bridgehead atoms. The highest BCUT2D eigenvalue weighted by Crippen LogP contribution is 2.37. The van der Waals surface area contributed by atoms with Crippen LogP contribution in [0.3, 0.4) is 0 Å². The number of fused-ring (bicyclic) bond motifs is 1. The summed E-state index contributed by atoms with van der Waals surface area (Å²) in [7, 11) is 0. The molecule has 2 heterocycles. The highest BCUT2D eigenvalue weighted by atomic mass is 35.5. The molecular formula is C8H2Cl3F4N3. The monoisotopic (exact) mass is 321 g/mol. The van der Waals surface area contributed by atoms with E-state index < -0.39 is 18.2 Å². The molecule has 0 atom stereocenters. The summed E-state index contributed by atoms with van der Waals surface area (Å²) in [5.41, 5.74) is -0.494. The molecule has 2 aromatic heterocycles. The maximum atomic E-state index is 13.1. The molecule has 0 amide bonds. The summed E-state index contributed by atoms with van der Waals surface area (Å²) in [4.78, 5) is 8.78. The zero-order chi connectivity index (χ0) is 13.7. The number of alkyl halides is 4. The summed E-state index contributed by atoms with van der Waals surface area (Å²) in [5.74, 6) is -5.69. The van der Waals surface area contributed by atoms with Crippen LogP contribution < -0.4 is 0 Å². The summed E-state index contributed by atoms with van der Waals surface area (Å²) < 4.78 is 50.5. The fourth-order valence-electron chi connectivity index (χ4n) is 1.20. The van der Waals surface area contributed by atoms with E-state index in [1.54, 1.807) is 0 Å². The van der Waals surface area contributed by atoms with Crippen molar-refractivity contribution in [3.63, 3.8) is 0 Å². The molecule has 2 aromatic rings. The molecule has 0 aromatic carbocycles. The average molecular weight is 322 g/mol. The van der Waals surface area contributed by atoms with Gasteiger partial charge in [0.15, 0.2) is 16.6 Å². The van der Waals surface area contributed by atoms with Crippen LogP contribution in [0.25, 0.3) is 11.2 Å². The fraction of sp³-hybridized carbons (Fsp3) is 0.250. The van der Waals surface area contributed by atoms with Gasteiger partial charge in [0, 0.05) is 0 Å². The predicted octanol–water partition coefficient (Wildman–Crippen LogP) is 4.27. The summed E-state index contributed by atoms with van der Waals surface area (Å²) in [5, 5.41) is -0.649. The van der Waals surface area contributed by atoms with Crippen LogP contribution in [0.1, 0.15) is 5.82 Å². The van der Waals surface area contributed by atoms with Gasteiger partial charge in [0.05, 0.1) is 10.0 Å². The zero-order valence-electron chi connectivity index (χ0n) is 8.12. The van der Waals surface area contributed by atoms with Gasteiger partial charge in [0.1, 0.15) is 5.52 Å². The largest absolute Gasteiger partial charge is 0.363 e. The van der Waals surface area contributed by atoms with Crippen LogP contribution in [0.5, 0.6) is 0 Å². The second kappa shape index (κ2) is 4.40. The normalized spacial score (nSPS) is 12.7. The van der Waals surface area contributed by atoms with Crippen molar-refractivity contribution in [2.24, 2.45) is 0 Å². The highest BCUT2D eigenvalue weighted by Gasteiger charge is 2.46. The maximum absolute atomic E-state index is 13.1. The predicted molar refractivity (Wildman–Crippen MR) is 58.8 cm³/mol. The second-order valence-electron chi connectivity index (χ2n) is 3.24. The quantitative estimate of drug-likeness (QED) is 0.662. The molecule has 0 aliphatic carbocycles. The third kappa shape index (κ3) is 2.00. The lowest BCUT2D eigenvalue weighted by Gasteiger charge is -2.11. The van der Waals surface area contributed by atoms with Crippen molar-refractivity contribution in [1.82, 2.24) is 15.0 Å². The van der Waals surface area contributed by atoms with E-state index >= 15 is 0 Å². The summed E-state index contributed by atoms with van der Waals surface area (Å²) >= 11 is 16.9. The Hall–Kier alpha value is -0.790. The van der Waals surface area contributed by atoms with E-state index in [2.05, 4.69) is 9.97 Å². The number of hydrogen-bond acceptors (Lipinski definition) is 2. The van der Waals surface area contributed by atoms with Crippen LogP contribution in [0.4, 0.5) is 17.6 Å². The second-order valence-corrected chi connectivity index (χ2v) is 4.35. The summed E-state index contributed by atoms with van der Waals surface area (Å²) in [6.07, 6.45) is -3.91. The minimum atomic E-state index is -4.44. The molecule has 0 unspecified atom stereocenters. The molecule has 0 radical (unpaired) electrons. The van der Waals surface area contributed by atoms with E-state index in [-0.39, 0.29) is 26.4 Å².